The molecular weight excluding hydrogens is 352 g/mol. The van der Waals surface area contributed by atoms with Crippen molar-refractivity contribution in [1.29, 1.82) is 0 Å². The molecule has 0 saturated heterocycles. The molecule has 0 bridgehead atoms. The monoisotopic (exact) mass is 376 g/mol. The molecule has 0 N–H and O–H groups in total. The van der Waals surface area contributed by atoms with Crippen molar-refractivity contribution in [3.63, 3.8) is 0 Å². The fraction of sp³-hybridized carbons (Fsp3) is 0.364. The zero-order chi connectivity index (χ0) is 20.1. The highest BCUT2D eigenvalue weighted by Gasteiger charge is 2.34. The molecule has 0 spiro atoms. The molecule has 0 atom stereocenters. The number of nitrogens with zero attached hydrogens (tertiary/aromatic N) is 4. The summed E-state index contributed by atoms with van der Waals surface area (Å²) in [5.74, 6) is 7.38. The summed E-state index contributed by atoms with van der Waals surface area (Å²) in [6, 6.07) is 6.94. The molecule has 1 aliphatic heterocycles. The van der Waals surface area contributed by atoms with Gasteiger partial charge in [0.2, 0.25) is 0 Å². The van der Waals surface area contributed by atoms with Gasteiger partial charge in [0.05, 0.1) is 16.7 Å². The highest BCUT2D eigenvalue weighted by molar-refractivity contribution is 6.21. The molecule has 6 nitrogen and oxygen atoms in total. The van der Waals surface area contributed by atoms with Gasteiger partial charge in [0.25, 0.3) is 11.8 Å². The fourth-order valence-electron chi connectivity index (χ4n) is 3.20. The number of aromatic nitrogens is 2. The first-order valence-corrected chi connectivity index (χ1v) is 9.51. The Bertz CT molecular complexity index is 923. The maximum atomic E-state index is 12.4. The van der Waals surface area contributed by atoms with Gasteiger partial charge in [-0.2, -0.15) is 0 Å². The summed E-state index contributed by atoms with van der Waals surface area (Å²) in [7, 11) is 2.00. The Morgan fingerprint density at radius 2 is 1.82 bits per heavy atom. The second kappa shape index (κ2) is 8.66. The Kier molecular flexibility index (Phi) is 6.05. The lowest BCUT2D eigenvalue weighted by Crippen LogP contribution is -2.30. The molecule has 0 aliphatic carbocycles. The Morgan fingerprint density at radius 1 is 1.14 bits per heavy atom. The zero-order valence-electron chi connectivity index (χ0n) is 16.5. The van der Waals surface area contributed by atoms with E-state index in [4.69, 9.17) is 0 Å². The van der Waals surface area contributed by atoms with E-state index >= 15 is 0 Å². The minimum Gasteiger partial charge on any atom is -0.359 e. The summed E-state index contributed by atoms with van der Waals surface area (Å²) < 4.78 is 0. The maximum Gasteiger partial charge on any atom is 0.261 e. The van der Waals surface area contributed by atoms with E-state index in [0.29, 0.717) is 36.3 Å². The van der Waals surface area contributed by atoms with Gasteiger partial charge in [-0.15, -0.1) is 0 Å². The van der Waals surface area contributed by atoms with Crippen molar-refractivity contribution in [2.45, 2.75) is 33.1 Å². The predicted octanol–water partition coefficient (Wildman–Crippen LogP) is 3.06. The van der Waals surface area contributed by atoms with Crippen molar-refractivity contribution in [2.24, 2.45) is 0 Å². The minimum atomic E-state index is -0.219. The number of carbonyl (C=O) groups is 2. The third kappa shape index (κ3) is 4.04. The van der Waals surface area contributed by atoms with E-state index in [-0.39, 0.29) is 11.8 Å². The zero-order valence-corrected chi connectivity index (χ0v) is 16.5. The van der Waals surface area contributed by atoms with Crippen LogP contribution in [-0.4, -0.2) is 46.8 Å². The number of hydrogen-bond acceptors (Lipinski definition) is 5. The topological polar surface area (TPSA) is 66.4 Å². The van der Waals surface area contributed by atoms with Crippen LogP contribution in [0.1, 0.15) is 58.3 Å². The molecule has 0 unspecified atom stereocenters. The first kappa shape index (κ1) is 19.6. The van der Waals surface area contributed by atoms with Crippen molar-refractivity contribution < 1.29 is 9.59 Å². The average molecular weight is 376 g/mol. The van der Waals surface area contributed by atoms with Gasteiger partial charge in [-0.3, -0.25) is 14.5 Å². The average Bonchev–Trinajstić information content (AvgIpc) is 2.94. The Balaban J connectivity index is 1.61. The third-order valence-corrected chi connectivity index (χ3v) is 4.59. The van der Waals surface area contributed by atoms with Crippen molar-refractivity contribution in [1.82, 2.24) is 14.9 Å². The van der Waals surface area contributed by atoms with Crippen molar-refractivity contribution >= 4 is 17.6 Å². The molecule has 2 amide bonds. The van der Waals surface area contributed by atoms with E-state index in [1.54, 1.807) is 30.5 Å². The second-order valence-electron chi connectivity index (χ2n) is 6.79. The molecule has 6 heteroatoms. The van der Waals surface area contributed by atoms with Crippen LogP contribution in [0.2, 0.25) is 0 Å². The largest absolute Gasteiger partial charge is 0.359 e. The van der Waals surface area contributed by atoms with E-state index in [0.717, 1.165) is 24.3 Å². The normalized spacial score (nSPS) is 12.6. The lowest BCUT2D eigenvalue weighted by Gasteiger charge is -2.18. The van der Waals surface area contributed by atoms with Crippen molar-refractivity contribution in [3.05, 3.63) is 53.0 Å². The molecule has 144 valence electrons. The van der Waals surface area contributed by atoms with Crippen LogP contribution < -0.4 is 4.90 Å². The number of anilines is 1. The maximum absolute atomic E-state index is 12.4. The molecular formula is C22H24N4O2. The van der Waals surface area contributed by atoms with Gasteiger partial charge < -0.3 is 4.90 Å². The summed E-state index contributed by atoms with van der Waals surface area (Å²) >= 11 is 0. The summed E-state index contributed by atoms with van der Waals surface area (Å²) in [5.41, 5.74) is 1.76. The summed E-state index contributed by atoms with van der Waals surface area (Å²) in [6.45, 7) is 5.25. The SMILES string of the molecule is CCCN(C)c1nc(C)ncc1C#CCCCN1C(=O)c2ccccc2C1=O. The lowest BCUT2D eigenvalue weighted by molar-refractivity contribution is 0.0653. The van der Waals surface area contributed by atoms with Crippen LogP contribution in [0.4, 0.5) is 5.82 Å². The van der Waals surface area contributed by atoms with Gasteiger partial charge in [-0.1, -0.05) is 30.9 Å². The molecule has 2 heterocycles. The second-order valence-corrected chi connectivity index (χ2v) is 6.79. The smallest absolute Gasteiger partial charge is 0.261 e. The van der Waals surface area contributed by atoms with Gasteiger partial charge in [-0.05, 0) is 31.9 Å². The van der Waals surface area contributed by atoms with Gasteiger partial charge in [0, 0.05) is 32.8 Å². The lowest BCUT2D eigenvalue weighted by atomic mass is 10.1. The third-order valence-electron chi connectivity index (χ3n) is 4.59. The van der Waals surface area contributed by atoms with E-state index in [1.165, 1.54) is 4.90 Å². The van der Waals surface area contributed by atoms with Crippen LogP contribution in [0.5, 0.6) is 0 Å². The van der Waals surface area contributed by atoms with Crippen LogP contribution in [0, 0.1) is 18.8 Å². The van der Waals surface area contributed by atoms with Crippen molar-refractivity contribution in [3.8, 4) is 11.8 Å². The Labute approximate surface area is 165 Å². The van der Waals surface area contributed by atoms with E-state index < -0.39 is 0 Å². The number of unbranched alkanes of at least 4 members (excludes halogenated alkanes) is 1. The molecule has 3 rings (SSSR count). The number of amides is 2. The van der Waals surface area contributed by atoms with Gasteiger partial charge in [0.15, 0.2) is 0 Å². The number of benzene rings is 1. The minimum absolute atomic E-state index is 0.219. The predicted molar refractivity (Wildman–Crippen MR) is 108 cm³/mol. The summed E-state index contributed by atoms with van der Waals surface area (Å²) in [5, 5.41) is 0. The van der Waals surface area contributed by atoms with Crippen LogP contribution in [0.25, 0.3) is 0 Å². The molecule has 1 aromatic carbocycles. The fourth-order valence-corrected chi connectivity index (χ4v) is 3.20. The van der Waals surface area contributed by atoms with Crippen LogP contribution >= 0.6 is 0 Å². The molecule has 1 aliphatic rings. The molecule has 2 aromatic rings. The van der Waals surface area contributed by atoms with E-state index in [1.807, 2.05) is 14.0 Å². The Morgan fingerprint density at radius 3 is 2.46 bits per heavy atom. The van der Waals surface area contributed by atoms with Gasteiger partial charge in [0.1, 0.15) is 11.6 Å². The Hall–Kier alpha value is -3.20. The number of fused-ring (bicyclic) bond motifs is 1. The highest BCUT2D eigenvalue weighted by Crippen LogP contribution is 2.22. The number of aryl methyl sites for hydroxylation is 1. The molecule has 0 saturated carbocycles. The molecule has 28 heavy (non-hydrogen) atoms. The van der Waals surface area contributed by atoms with E-state index in [9.17, 15) is 9.59 Å². The van der Waals surface area contributed by atoms with Gasteiger partial charge >= 0.3 is 0 Å². The quantitative estimate of drug-likeness (QED) is 0.440. The molecule has 1 aromatic heterocycles. The summed E-state index contributed by atoms with van der Waals surface area (Å²) in [6.07, 6.45) is 3.98. The van der Waals surface area contributed by atoms with Crippen LogP contribution in [0.3, 0.4) is 0 Å². The van der Waals surface area contributed by atoms with Gasteiger partial charge in [-0.25, -0.2) is 9.97 Å². The number of hydrogen-bond donors (Lipinski definition) is 0. The first-order valence-electron chi connectivity index (χ1n) is 9.51. The van der Waals surface area contributed by atoms with Crippen molar-refractivity contribution in [2.75, 3.05) is 25.0 Å². The van der Waals surface area contributed by atoms with Crippen LogP contribution in [0.15, 0.2) is 30.5 Å². The number of carbonyl (C=O) groups excluding carboxylic acids is 2. The first-order chi connectivity index (χ1) is 13.5. The molecule has 0 radical (unpaired) electrons. The standard InChI is InChI=1S/C22H24N4O2/c1-4-13-25(3)20-17(15-23-16(2)24-20)10-6-5-9-14-26-21(27)18-11-7-8-12-19(18)22(26)28/h7-8,11-12,15H,4-5,9,13-14H2,1-3H3. The highest BCUT2D eigenvalue weighted by atomic mass is 16.2. The molecule has 0 fully saturated rings. The number of rotatable bonds is 6. The number of imide groups is 1. The van der Waals surface area contributed by atoms with Crippen LogP contribution in [-0.2, 0) is 0 Å². The summed E-state index contributed by atoms with van der Waals surface area (Å²) in [4.78, 5) is 36.9. The van der Waals surface area contributed by atoms with E-state index in [2.05, 4.69) is 33.6 Å².